The summed E-state index contributed by atoms with van der Waals surface area (Å²) in [6.07, 6.45) is 7.74. The van der Waals surface area contributed by atoms with Gasteiger partial charge in [0.15, 0.2) is 0 Å². The maximum atomic E-state index is 6.12. The van der Waals surface area contributed by atoms with Crippen molar-refractivity contribution in [3.63, 3.8) is 0 Å². The van der Waals surface area contributed by atoms with E-state index in [1.54, 1.807) is 7.11 Å². The van der Waals surface area contributed by atoms with Gasteiger partial charge in [0.2, 0.25) is 0 Å². The Kier molecular flexibility index (Phi) is 4.39. The fourth-order valence-corrected chi connectivity index (χ4v) is 4.23. The van der Waals surface area contributed by atoms with Crippen LogP contribution in [-0.4, -0.2) is 35.7 Å². The number of pyridine rings is 1. The van der Waals surface area contributed by atoms with Crippen molar-refractivity contribution in [1.29, 1.82) is 0 Å². The third kappa shape index (κ3) is 3.11. The van der Waals surface area contributed by atoms with Crippen LogP contribution < -0.4 is 9.47 Å². The van der Waals surface area contributed by atoms with Crippen molar-refractivity contribution in [1.82, 2.24) is 9.88 Å². The first-order chi connectivity index (χ1) is 11.8. The maximum Gasteiger partial charge on any atom is 0.123 e. The summed E-state index contributed by atoms with van der Waals surface area (Å²) in [7, 11) is 1.69. The summed E-state index contributed by atoms with van der Waals surface area (Å²) in [5, 5.41) is 0. The first kappa shape index (κ1) is 15.5. The molecule has 1 aliphatic heterocycles. The zero-order chi connectivity index (χ0) is 16.4. The minimum absolute atomic E-state index is 0.503. The van der Waals surface area contributed by atoms with Crippen LogP contribution in [0.5, 0.6) is 11.5 Å². The molecule has 4 nitrogen and oxygen atoms in total. The van der Waals surface area contributed by atoms with Gasteiger partial charge in [0.25, 0.3) is 0 Å². The molecule has 126 valence electrons. The van der Waals surface area contributed by atoms with Crippen molar-refractivity contribution in [2.24, 2.45) is 5.92 Å². The Morgan fingerprint density at radius 2 is 1.96 bits per heavy atom. The molecule has 24 heavy (non-hydrogen) atoms. The second-order valence-corrected chi connectivity index (χ2v) is 6.81. The predicted octanol–water partition coefficient (Wildman–Crippen LogP) is 3.52. The number of hydrogen-bond acceptors (Lipinski definition) is 4. The van der Waals surface area contributed by atoms with Crippen LogP contribution in [0.4, 0.5) is 0 Å². The molecule has 0 N–H and O–H groups in total. The molecule has 0 unspecified atom stereocenters. The van der Waals surface area contributed by atoms with E-state index in [9.17, 15) is 0 Å². The number of aromatic nitrogens is 1. The lowest BCUT2D eigenvalue weighted by molar-refractivity contribution is 0.0866. The molecule has 2 fully saturated rings. The standard InChI is InChI=1S/C20H24N2O2/c1-23-18-3-2-4-19(12-18)24-14-20-16-5-6-17(11-16)22(20)13-15-7-9-21-10-8-15/h2-4,7-10,12,16-17,20H,5-6,11,13-14H2,1H3/t16-,17+,20+/m1/s1. The van der Waals surface area contributed by atoms with Gasteiger partial charge in [-0.25, -0.2) is 0 Å². The number of fused-ring (bicyclic) bond motifs is 2. The van der Waals surface area contributed by atoms with Gasteiger partial charge in [-0.15, -0.1) is 0 Å². The number of piperidine rings is 1. The Hall–Kier alpha value is -2.07. The molecule has 0 amide bonds. The van der Waals surface area contributed by atoms with Gasteiger partial charge in [0.1, 0.15) is 18.1 Å². The lowest BCUT2D eigenvalue weighted by Gasteiger charge is -2.35. The molecule has 4 rings (SSSR count). The van der Waals surface area contributed by atoms with Crippen LogP contribution in [0.2, 0.25) is 0 Å². The van der Waals surface area contributed by atoms with Gasteiger partial charge in [-0.1, -0.05) is 6.07 Å². The number of likely N-dealkylation sites (tertiary alicyclic amines) is 1. The highest BCUT2D eigenvalue weighted by molar-refractivity contribution is 5.32. The van der Waals surface area contributed by atoms with Crippen molar-refractivity contribution in [3.8, 4) is 11.5 Å². The van der Waals surface area contributed by atoms with Gasteiger partial charge in [0.05, 0.1) is 7.11 Å². The quantitative estimate of drug-likeness (QED) is 0.814. The molecule has 0 radical (unpaired) electrons. The molecule has 1 saturated carbocycles. The van der Waals surface area contributed by atoms with E-state index >= 15 is 0 Å². The van der Waals surface area contributed by atoms with Crippen LogP contribution in [0, 0.1) is 5.92 Å². The number of ether oxygens (including phenoxy) is 2. The lowest BCUT2D eigenvalue weighted by atomic mass is 9.99. The molecular weight excluding hydrogens is 300 g/mol. The van der Waals surface area contributed by atoms with Gasteiger partial charge in [-0.2, -0.15) is 0 Å². The fourth-order valence-electron chi connectivity index (χ4n) is 4.23. The second-order valence-electron chi connectivity index (χ2n) is 6.81. The van der Waals surface area contributed by atoms with Crippen molar-refractivity contribution in [2.45, 2.75) is 37.9 Å². The van der Waals surface area contributed by atoms with E-state index in [4.69, 9.17) is 9.47 Å². The largest absolute Gasteiger partial charge is 0.497 e. The van der Waals surface area contributed by atoms with Crippen LogP contribution >= 0.6 is 0 Å². The molecule has 0 spiro atoms. The molecule has 2 bridgehead atoms. The average molecular weight is 324 g/mol. The van der Waals surface area contributed by atoms with Crippen molar-refractivity contribution in [2.75, 3.05) is 13.7 Å². The summed E-state index contributed by atoms with van der Waals surface area (Å²) in [5.74, 6) is 2.50. The SMILES string of the molecule is COc1cccc(OC[C@H]2[C@@H]3CC[C@@H](C3)N2Cc2ccncc2)c1. The molecule has 1 aliphatic carbocycles. The van der Waals surface area contributed by atoms with Gasteiger partial charge in [-0.05, 0) is 55.0 Å². The predicted molar refractivity (Wildman–Crippen MR) is 93.2 cm³/mol. The molecule has 1 saturated heterocycles. The summed E-state index contributed by atoms with van der Waals surface area (Å²) in [6, 6.07) is 13.3. The highest BCUT2D eigenvalue weighted by Gasteiger charge is 2.45. The number of hydrogen-bond donors (Lipinski definition) is 0. The molecule has 4 heteroatoms. The van der Waals surface area contributed by atoms with E-state index in [1.807, 2.05) is 36.7 Å². The minimum Gasteiger partial charge on any atom is -0.497 e. The normalized spacial score (nSPS) is 25.8. The van der Waals surface area contributed by atoms with E-state index in [1.165, 1.54) is 24.8 Å². The highest BCUT2D eigenvalue weighted by Crippen LogP contribution is 2.43. The smallest absolute Gasteiger partial charge is 0.123 e. The zero-order valence-electron chi connectivity index (χ0n) is 14.1. The molecular formula is C20H24N2O2. The summed E-state index contributed by atoms with van der Waals surface area (Å²) in [4.78, 5) is 6.77. The fraction of sp³-hybridized carbons (Fsp3) is 0.450. The molecule has 2 aromatic rings. The van der Waals surface area contributed by atoms with Crippen LogP contribution in [0.1, 0.15) is 24.8 Å². The maximum absolute atomic E-state index is 6.12. The lowest BCUT2D eigenvalue weighted by Crippen LogP contribution is -2.43. The Balaban J connectivity index is 1.44. The summed E-state index contributed by atoms with van der Waals surface area (Å²) < 4.78 is 11.4. The Morgan fingerprint density at radius 1 is 1.12 bits per heavy atom. The summed E-state index contributed by atoms with van der Waals surface area (Å²) in [5.41, 5.74) is 1.34. The molecule has 1 aromatic heterocycles. The summed E-state index contributed by atoms with van der Waals surface area (Å²) in [6.45, 7) is 1.75. The first-order valence-electron chi connectivity index (χ1n) is 8.75. The minimum atomic E-state index is 0.503. The first-order valence-corrected chi connectivity index (χ1v) is 8.75. The molecule has 2 heterocycles. The topological polar surface area (TPSA) is 34.6 Å². The number of methoxy groups -OCH3 is 1. The zero-order valence-corrected chi connectivity index (χ0v) is 14.1. The van der Waals surface area contributed by atoms with E-state index in [0.29, 0.717) is 12.1 Å². The monoisotopic (exact) mass is 324 g/mol. The number of benzene rings is 1. The van der Waals surface area contributed by atoms with Gasteiger partial charge in [0, 0.05) is 37.1 Å². The Morgan fingerprint density at radius 3 is 2.79 bits per heavy atom. The van der Waals surface area contributed by atoms with E-state index in [0.717, 1.165) is 30.6 Å². The second kappa shape index (κ2) is 6.81. The Labute approximate surface area is 143 Å². The third-order valence-corrected chi connectivity index (χ3v) is 5.46. The average Bonchev–Trinajstić information content (AvgIpc) is 3.23. The summed E-state index contributed by atoms with van der Waals surface area (Å²) >= 11 is 0. The molecule has 1 aromatic carbocycles. The van der Waals surface area contributed by atoms with Gasteiger partial charge >= 0.3 is 0 Å². The van der Waals surface area contributed by atoms with E-state index in [2.05, 4.69) is 22.0 Å². The van der Waals surface area contributed by atoms with E-state index < -0.39 is 0 Å². The number of nitrogens with zero attached hydrogens (tertiary/aromatic N) is 2. The van der Waals surface area contributed by atoms with Gasteiger partial charge in [-0.3, -0.25) is 9.88 Å². The van der Waals surface area contributed by atoms with Crippen LogP contribution in [0.25, 0.3) is 0 Å². The molecule has 2 aliphatic rings. The van der Waals surface area contributed by atoms with Crippen LogP contribution in [-0.2, 0) is 6.54 Å². The third-order valence-electron chi connectivity index (χ3n) is 5.46. The van der Waals surface area contributed by atoms with Crippen molar-refractivity contribution < 1.29 is 9.47 Å². The van der Waals surface area contributed by atoms with Crippen LogP contribution in [0.15, 0.2) is 48.8 Å². The van der Waals surface area contributed by atoms with Crippen molar-refractivity contribution >= 4 is 0 Å². The van der Waals surface area contributed by atoms with Gasteiger partial charge < -0.3 is 9.47 Å². The Bertz CT molecular complexity index is 676. The van der Waals surface area contributed by atoms with E-state index in [-0.39, 0.29) is 0 Å². The highest BCUT2D eigenvalue weighted by atomic mass is 16.5. The molecule has 3 atom stereocenters. The van der Waals surface area contributed by atoms with Crippen molar-refractivity contribution in [3.05, 3.63) is 54.4 Å². The number of rotatable bonds is 6. The van der Waals surface area contributed by atoms with Crippen LogP contribution in [0.3, 0.4) is 0 Å².